The number of urea groups is 1. The Labute approximate surface area is 122 Å². The predicted molar refractivity (Wildman–Crippen MR) is 79.3 cm³/mol. The van der Waals surface area contributed by atoms with Crippen LogP contribution in [0, 0.1) is 0 Å². The molecule has 94 valence electrons. The summed E-state index contributed by atoms with van der Waals surface area (Å²) in [7, 11) is 0. The van der Waals surface area contributed by atoms with Gasteiger partial charge in [0.15, 0.2) is 0 Å². The smallest absolute Gasteiger partial charge is 0.319 e. The van der Waals surface area contributed by atoms with Gasteiger partial charge in [-0.15, -0.1) is 11.3 Å². The van der Waals surface area contributed by atoms with Gasteiger partial charge >= 0.3 is 6.03 Å². The third-order valence-electron chi connectivity index (χ3n) is 2.20. The van der Waals surface area contributed by atoms with Gasteiger partial charge in [-0.3, -0.25) is 0 Å². The maximum Gasteiger partial charge on any atom is 0.319 e. The zero-order valence-electron chi connectivity index (χ0n) is 9.24. The molecule has 2 aromatic rings. The highest BCUT2D eigenvalue weighted by Crippen LogP contribution is 2.22. The number of hydrogen-bond acceptors (Lipinski definition) is 2. The second-order valence-corrected chi connectivity index (χ2v) is 5.80. The fraction of sp³-hybridized carbons (Fsp3) is 0.0833. The number of benzene rings is 1. The molecule has 0 atom stereocenters. The number of nitrogens with one attached hydrogen (secondary N) is 2. The van der Waals surface area contributed by atoms with Crippen LogP contribution in [0.4, 0.5) is 10.5 Å². The molecule has 0 saturated heterocycles. The molecule has 1 aromatic heterocycles. The molecule has 2 amide bonds. The molecular weight excluding hydrogens is 336 g/mol. The van der Waals surface area contributed by atoms with Crippen LogP contribution in [-0.4, -0.2) is 6.03 Å². The van der Waals surface area contributed by atoms with Gasteiger partial charge in [0.1, 0.15) is 0 Å². The van der Waals surface area contributed by atoms with Gasteiger partial charge in [0.25, 0.3) is 0 Å². The van der Waals surface area contributed by atoms with Crippen LogP contribution in [0.25, 0.3) is 0 Å². The highest BCUT2D eigenvalue weighted by atomic mass is 79.9. The van der Waals surface area contributed by atoms with Gasteiger partial charge in [0.2, 0.25) is 0 Å². The molecule has 6 heteroatoms. The number of carbonyl (C=O) groups excluding carboxylic acids is 1. The molecule has 1 aromatic carbocycles. The lowest BCUT2D eigenvalue weighted by Crippen LogP contribution is -2.27. The van der Waals surface area contributed by atoms with Gasteiger partial charge < -0.3 is 10.6 Å². The molecule has 0 spiro atoms. The summed E-state index contributed by atoms with van der Waals surface area (Å²) in [5, 5.41) is 8.13. The molecular formula is C12H10BrClN2OS. The minimum atomic E-state index is -0.238. The summed E-state index contributed by atoms with van der Waals surface area (Å²) in [4.78, 5) is 12.7. The van der Waals surface area contributed by atoms with Gasteiger partial charge in [-0.05, 0) is 51.6 Å². The number of anilines is 1. The first kappa shape index (κ1) is 13.4. The second kappa shape index (κ2) is 6.22. The van der Waals surface area contributed by atoms with Gasteiger partial charge in [-0.1, -0.05) is 11.6 Å². The third kappa shape index (κ3) is 3.73. The highest BCUT2D eigenvalue weighted by molar-refractivity contribution is 9.10. The molecule has 0 aliphatic rings. The van der Waals surface area contributed by atoms with Crippen LogP contribution >= 0.6 is 38.9 Å². The van der Waals surface area contributed by atoms with E-state index in [0.717, 1.165) is 9.35 Å². The van der Waals surface area contributed by atoms with Crippen LogP contribution in [0.5, 0.6) is 0 Å². The number of amides is 2. The Morgan fingerprint density at radius 1 is 1.28 bits per heavy atom. The van der Waals surface area contributed by atoms with Crippen molar-refractivity contribution < 1.29 is 4.79 Å². The zero-order valence-corrected chi connectivity index (χ0v) is 12.4. The van der Waals surface area contributed by atoms with Crippen molar-refractivity contribution >= 4 is 50.6 Å². The lowest BCUT2D eigenvalue weighted by atomic mass is 10.3. The molecule has 2 rings (SSSR count). The second-order valence-electron chi connectivity index (χ2n) is 3.51. The van der Waals surface area contributed by atoms with Gasteiger partial charge in [-0.25, -0.2) is 4.79 Å². The molecule has 0 fully saturated rings. The van der Waals surface area contributed by atoms with Gasteiger partial charge in [0, 0.05) is 20.1 Å². The van der Waals surface area contributed by atoms with E-state index >= 15 is 0 Å². The molecule has 0 unspecified atom stereocenters. The monoisotopic (exact) mass is 344 g/mol. The summed E-state index contributed by atoms with van der Waals surface area (Å²) in [6.07, 6.45) is 0. The molecule has 1 heterocycles. The van der Waals surface area contributed by atoms with Crippen molar-refractivity contribution in [3.8, 4) is 0 Å². The average molecular weight is 346 g/mol. The summed E-state index contributed by atoms with van der Waals surface area (Å²) in [6, 6.07) is 8.68. The van der Waals surface area contributed by atoms with E-state index in [2.05, 4.69) is 26.6 Å². The molecule has 18 heavy (non-hydrogen) atoms. The van der Waals surface area contributed by atoms with Crippen LogP contribution in [-0.2, 0) is 6.54 Å². The molecule has 3 nitrogen and oxygen atoms in total. The van der Waals surface area contributed by atoms with Crippen LogP contribution in [0.3, 0.4) is 0 Å². The number of carbonyl (C=O) groups is 1. The minimum absolute atomic E-state index is 0.238. The van der Waals surface area contributed by atoms with E-state index in [1.54, 1.807) is 35.6 Å². The molecule has 0 saturated carbocycles. The van der Waals surface area contributed by atoms with Crippen molar-refractivity contribution in [3.63, 3.8) is 0 Å². The van der Waals surface area contributed by atoms with Crippen LogP contribution < -0.4 is 10.6 Å². The Morgan fingerprint density at radius 2 is 2.00 bits per heavy atom. The Bertz CT molecular complexity index is 541. The van der Waals surface area contributed by atoms with Crippen LogP contribution in [0.1, 0.15) is 4.88 Å². The first-order valence-electron chi connectivity index (χ1n) is 5.17. The predicted octanol–water partition coefficient (Wildman–Crippen LogP) is 4.49. The Hall–Kier alpha value is -1.04. The Balaban J connectivity index is 1.86. The van der Waals surface area contributed by atoms with E-state index in [1.165, 1.54) is 0 Å². The fourth-order valence-corrected chi connectivity index (χ4v) is 2.88. The summed E-state index contributed by atoms with van der Waals surface area (Å²) in [6.45, 7) is 0.498. The summed E-state index contributed by atoms with van der Waals surface area (Å²) < 4.78 is 1.01. The van der Waals surface area contributed by atoms with Crippen molar-refractivity contribution in [2.75, 3.05) is 5.32 Å². The fourth-order valence-electron chi connectivity index (χ4n) is 1.32. The normalized spacial score (nSPS) is 10.1. The topological polar surface area (TPSA) is 41.1 Å². The average Bonchev–Trinajstić information content (AvgIpc) is 2.75. The van der Waals surface area contributed by atoms with E-state index in [4.69, 9.17) is 11.6 Å². The largest absolute Gasteiger partial charge is 0.333 e. The summed E-state index contributed by atoms with van der Waals surface area (Å²) >= 11 is 10.8. The standard InChI is InChI=1S/C12H10BrClN2OS/c13-10-5-6-18-11(10)7-15-12(17)16-9-3-1-8(14)2-4-9/h1-6H,7H2,(H2,15,16,17). The van der Waals surface area contributed by atoms with Crippen LogP contribution in [0.2, 0.25) is 5.02 Å². The van der Waals surface area contributed by atoms with Crippen molar-refractivity contribution in [1.82, 2.24) is 5.32 Å². The van der Waals surface area contributed by atoms with Gasteiger partial charge in [0.05, 0.1) is 6.54 Å². The van der Waals surface area contributed by atoms with E-state index in [1.807, 2.05) is 11.4 Å². The molecule has 0 bridgehead atoms. The van der Waals surface area contributed by atoms with Crippen molar-refractivity contribution in [1.29, 1.82) is 0 Å². The maximum absolute atomic E-state index is 11.6. The number of hydrogen-bond donors (Lipinski definition) is 2. The van der Waals surface area contributed by atoms with E-state index in [9.17, 15) is 4.79 Å². The Kier molecular flexibility index (Phi) is 4.63. The van der Waals surface area contributed by atoms with Crippen molar-refractivity contribution in [3.05, 3.63) is 50.1 Å². The summed E-state index contributed by atoms with van der Waals surface area (Å²) in [5.74, 6) is 0. The maximum atomic E-state index is 11.6. The highest BCUT2D eigenvalue weighted by Gasteiger charge is 2.04. The number of rotatable bonds is 3. The molecule has 0 aliphatic carbocycles. The quantitative estimate of drug-likeness (QED) is 0.845. The number of halogens is 2. The van der Waals surface area contributed by atoms with Gasteiger partial charge in [-0.2, -0.15) is 0 Å². The van der Waals surface area contributed by atoms with E-state index < -0.39 is 0 Å². The molecule has 0 aliphatic heterocycles. The first-order valence-corrected chi connectivity index (χ1v) is 7.22. The Morgan fingerprint density at radius 3 is 2.61 bits per heavy atom. The zero-order chi connectivity index (χ0) is 13.0. The number of thiophene rings is 1. The lowest BCUT2D eigenvalue weighted by Gasteiger charge is -2.07. The lowest BCUT2D eigenvalue weighted by molar-refractivity contribution is 0.252. The van der Waals surface area contributed by atoms with Crippen molar-refractivity contribution in [2.24, 2.45) is 0 Å². The van der Waals surface area contributed by atoms with E-state index in [-0.39, 0.29) is 6.03 Å². The molecule has 0 radical (unpaired) electrons. The third-order valence-corrected chi connectivity index (χ3v) is 4.38. The molecule has 2 N–H and O–H groups in total. The van der Waals surface area contributed by atoms with Crippen LogP contribution in [0.15, 0.2) is 40.2 Å². The summed E-state index contributed by atoms with van der Waals surface area (Å²) in [5.41, 5.74) is 0.710. The SMILES string of the molecule is O=C(NCc1sccc1Br)Nc1ccc(Cl)cc1. The van der Waals surface area contributed by atoms with Crippen molar-refractivity contribution in [2.45, 2.75) is 6.54 Å². The first-order chi connectivity index (χ1) is 8.65. The van der Waals surface area contributed by atoms with E-state index in [0.29, 0.717) is 17.3 Å². The minimum Gasteiger partial charge on any atom is -0.333 e.